The zero-order valence-electron chi connectivity index (χ0n) is 19.6. The molecule has 0 saturated carbocycles. The predicted molar refractivity (Wildman–Crippen MR) is 132 cm³/mol. The van der Waals surface area contributed by atoms with Crippen LogP contribution in [-0.4, -0.2) is 59.2 Å². The Bertz CT molecular complexity index is 1110. The minimum absolute atomic E-state index is 0.0376. The molecule has 1 saturated heterocycles. The maximum absolute atomic E-state index is 12.0. The Morgan fingerprint density at radius 2 is 1.91 bits per heavy atom. The molecule has 2 heterocycles. The Morgan fingerprint density at radius 3 is 2.59 bits per heavy atom. The van der Waals surface area contributed by atoms with Gasteiger partial charge in [0.25, 0.3) is 0 Å². The first kappa shape index (κ1) is 22.3. The van der Waals surface area contributed by atoms with Crippen molar-refractivity contribution in [3.05, 3.63) is 66.4 Å². The number of carbonyl (C=O) groups is 1. The SMILES string of the molecule is C=CC(=O)N1CCC(c2c3ccc(-c4cccc(C)c4)cc3nn2CCCN(C)C)CC1. The summed E-state index contributed by atoms with van der Waals surface area (Å²) in [5, 5.41) is 6.31. The largest absolute Gasteiger partial charge is 0.339 e. The van der Waals surface area contributed by atoms with Crippen LogP contribution in [0.25, 0.3) is 22.0 Å². The van der Waals surface area contributed by atoms with E-state index < -0.39 is 0 Å². The standard InChI is InChI=1S/C27H34N4O/c1-5-26(32)30-16-12-21(13-17-30)27-24-11-10-23(22-9-6-8-20(2)18-22)19-25(24)28-31(27)15-7-14-29(3)4/h5-6,8-11,18-19,21H,1,7,12-17H2,2-4H3. The second-order valence-corrected chi connectivity index (χ2v) is 9.17. The third-order valence-electron chi connectivity index (χ3n) is 6.47. The molecule has 1 fully saturated rings. The smallest absolute Gasteiger partial charge is 0.245 e. The number of carbonyl (C=O) groups excluding carboxylic acids is 1. The first-order valence-corrected chi connectivity index (χ1v) is 11.6. The molecule has 0 atom stereocenters. The van der Waals surface area contributed by atoms with Crippen molar-refractivity contribution in [2.75, 3.05) is 33.7 Å². The van der Waals surface area contributed by atoms with E-state index in [9.17, 15) is 4.79 Å². The van der Waals surface area contributed by atoms with Crippen LogP contribution in [0.2, 0.25) is 0 Å². The van der Waals surface area contributed by atoms with E-state index >= 15 is 0 Å². The van der Waals surface area contributed by atoms with Crippen molar-refractivity contribution in [2.45, 2.75) is 38.6 Å². The maximum Gasteiger partial charge on any atom is 0.245 e. The summed E-state index contributed by atoms with van der Waals surface area (Å²) in [7, 11) is 4.22. The van der Waals surface area contributed by atoms with Crippen molar-refractivity contribution in [2.24, 2.45) is 0 Å². The molecule has 0 N–H and O–H groups in total. The Hall–Kier alpha value is -2.92. The third kappa shape index (κ3) is 4.78. The number of amides is 1. The highest BCUT2D eigenvalue weighted by molar-refractivity contribution is 5.88. The summed E-state index contributed by atoms with van der Waals surface area (Å²) in [6.07, 6.45) is 4.42. The molecule has 5 heteroatoms. The fraction of sp³-hybridized carbons (Fsp3) is 0.407. The van der Waals surface area contributed by atoms with Gasteiger partial charge in [-0.2, -0.15) is 5.10 Å². The van der Waals surface area contributed by atoms with E-state index in [1.54, 1.807) is 0 Å². The zero-order valence-corrected chi connectivity index (χ0v) is 19.6. The van der Waals surface area contributed by atoms with Crippen LogP contribution in [0.3, 0.4) is 0 Å². The van der Waals surface area contributed by atoms with Crippen molar-refractivity contribution < 1.29 is 4.79 Å². The van der Waals surface area contributed by atoms with Gasteiger partial charge in [-0.1, -0.05) is 48.5 Å². The molecular formula is C27H34N4O. The minimum atomic E-state index is 0.0376. The molecule has 5 nitrogen and oxygen atoms in total. The Morgan fingerprint density at radius 1 is 1.16 bits per heavy atom. The van der Waals surface area contributed by atoms with Gasteiger partial charge in [0.2, 0.25) is 5.91 Å². The quantitative estimate of drug-likeness (QED) is 0.503. The molecule has 4 rings (SSSR count). The number of aryl methyl sites for hydroxylation is 2. The van der Waals surface area contributed by atoms with Crippen LogP contribution in [0.4, 0.5) is 0 Å². The van der Waals surface area contributed by atoms with E-state index in [-0.39, 0.29) is 5.91 Å². The van der Waals surface area contributed by atoms with Crippen LogP contribution in [0, 0.1) is 6.92 Å². The van der Waals surface area contributed by atoms with Gasteiger partial charge in [0.05, 0.1) is 5.52 Å². The molecular weight excluding hydrogens is 396 g/mol. The van der Waals surface area contributed by atoms with Crippen molar-refractivity contribution in [1.82, 2.24) is 19.6 Å². The Balaban J connectivity index is 1.67. The molecule has 168 valence electrons. The highest BCUT2D eigenvalue weighted by atomic mass is 16.2. The molecule has 0 unspecified atom stereocenters. The molecule has 1 aromatic heterocycles. The van der Waals surface area contributed by atoms with Gasteiger partial charge in [-0.05, 0) is 70.1 Å². The van der Waals surface area contributed by atoms with Gasteiger partial charge in [-0.25, -0.2) is 0 Å². The van der Waals surface area contributed by atoms with E-state index in [1.807, 2.05) is 4.90 Å². The van der Waals surface area contributed by atoms with Gasteiger partial charge >= 0.3 is 0 Å². The van der Waals surface area contributed by atoms with E-state index in [4.69, 9.17) is 5.10 Å². The topological polar surface area (TPSA) is 41.4 Å². The maximum atomic E-state index is 12.0. The lowest BCUT2D eigenvalue weighted by molar-refractivity contribution is -0.127. The molecule has 1 amide bonds. The fourth-order valence-corrected chi connectivity index (χ4v) is 4.80. The van der Waals surface area contributed by atoms with Crippen molar-refractivity contribution in [1.29, 1.82) is 0 Å². The molecule has 0 aliphatic carbocycles. The molecule has 1 aliphatic heterocycles. The van der Waals surface area contributed by atoms with E-state index in [2.05, 4.69) is 79.6 Å². The first-order chi connectivity index (χ1) is 15.5. The molecule has 0 bridgehead atoms. The molecule has 0 radical (unpaired) electrons. The number of nitrogens with zero attached hydrogens (tertiary/aromatic N) is 4. The van der Waals surface area contributed by atoms with Gasteiger partial charge in [-0.15, -0.1) is 0 Å². The second-order valence-electron chi connectivity index (χ2n) is 9.17. The number of aromatic nitrogens is 2. The van der Waals surface area contributed by atoms with E-state index in [0.29, 0.717) is 5.92 Å². The van der Waals surface area contributed by atoms with Crippen LogP contribution < -0.4 is 0 Å². The van der Waals surface area contributed by atoms with E-state index in [1.165, 1.54) is 33.8 Å². The summed E-state index contributed by atoms with van der Waals surface area (Å²) in [5.41, 5.74) is 6.09. The second kappa shape index (κ2) is 9.70. The Kier molecular flexibility index (Phi) is 6.75. The Labute approximate surface area is 191 Å². The van der Waals surface area contributed by atoms with Crippen LogP contribution in [0.1, 0.15) is 36.4 Å². The average molecular weight is 431 g/mol. The van der Waals surface area contributed by atoms with Crippen molar-refractivity contribution in [3.8, 4) is 11.1 Å². The number of hydrogen-bond acceptors (Lipinski definition) is 3. The van der Waals surface area contributed by atoms with Gasteiger partial charge in [-0.3, -0.25) is 9.48 Å². The van der Waals surface area contributed by atoms with Crippen LogP contribution in [-0.2, 0) is 11.3 Å². The lowest BCUT2D eigenvalue weighted by Crippen LogP contribution is -2.37. The van der Waals surface area contributed by atoms with Crippen LogP contribution in [0.15, 0.2) is 55.1 Å². The first-order valence-electron chi connectivity index (χ1n) is 11.6. The normalized spacial score (nSPS) is 14.9. The van der Waals surface area contributed by atoms with Gasteiger partial charge in [0.15, 0.2) is 0 Å². The summed E-state index contributed by atoms with van der Waals surface area (Å²) in [5.74, 6) is 0.452. The van der Waals surface area contributed by atoms with Gasteiger partial charge in [0.1, 0.15) is 0 Å². The van der Waals surface area contributed by atoms with Crippen molar-refractivity contribution in [3.63, 3.8) is 0 Å². The van der Waals surface area contributed by atoms with Crippen molar-refractivity contribution >= 4 is 16.8 Å². The lowest BCUT2D eigenvalue weighted by Gasteiger charge is -2.32. The number of piperidine rings is 1. The summed E-state index contributed by atoms with van der Waals surface area (Å²) >= 11 is 0. The minimum Gasteiger partial charge on any atom is -0.339 e. The summed E-state index contributed by atoms with van der Waals surface area (Å²) in [6, 6.07) is 15.3. The summed E-state index contributed by atoms with van der Waals surface area (Å²) < 4.78 is 2.24. The van der Waals surface area contributed by atoms with Gasteiger partial charge < -0.3 is 9.80 Å². The molecule has 32 heavy (non-hydrogen) atoms. The number of rotatable bonds is 7. The monoisotopic (exact) mass is 430 g/mol. The lowest BCUT2D eigenvalue weighted by atomic mass is 9.90. The van der Waals surface area contributed by atoms with Crippen LogP contribution >= 0.6 is 0 Å². The highest BCUT2D eigenvalue weighted by Gasteiger charge is 2.27. The van der Waals surface area contributed by atoms with E-state index in [0.717, 1.165) is 51.0 Å². The fourth-order valence-electron chi connectivity index (χ4n) is 4.80. The number of benzene rings is 2. The average Bonchev–Trinajstić information content (AvgIpc) is 3.15. The molecule has 2 aromatic carbocycles. The molecule has 3 aromatic rings. The highest BCUT2D eigenvalue weighted by Crippen LogP contribution is 2.35. The predicted octanol–water partition coefficient (Wildman–Crippen LogP) is 4.86. The number of fused-ring (bicyclic) bond motifs is 1. The molecule has 1 aliphatic rings. The van der Waals surface area contributed by atoms with Crippen LogP contribution in [0.5, 0.6) is 0 Å². The van der Waals surface area contributed by atoms with Gasteiger partial charge in [0, 0.05) is 36.6 Å². The molecule has 0 spiro atoms. The third-order valence-corrected chi connectivity index (χ3v) is 6.47. The number of hydrogen-bond donors (Lipinski definition) is 0. The summed E-state index contributed by atoms with van der Waals surface area (Å²) in [6.45, 7) is 9.27. The zero-order chi connectivity index (χ0) is 22.7. The summed E-state index contributed by atoms with van der Waals surface area (Å²) in [4.78, 5) is 16.2. The number of likely N-dealkylation sites (tertiary alicyclic amines) is 1.